The van der Waals surface area contributed by atoms with Crippen LogP contribution in [0, 0.1) is 11.7 Å². The van der Waals surface area contributed by atoms with Crippen molar-refractivity contribution in [1.29, 1.82) is 0 Å². The van der Waals surface area contributed by atoms with Gasteiger partial charge in [0, 0.05) is 19.0 Å². The number of piperidine rings is 1. The summed E-state index contributed by atoms with van der Waals surface area (Å²) >= 11 is 0. The smallest absolute Gasteiger partial charge is 0.410 e. The first-order valence-electron chi connectivity index (χ1n) is 11.1. The van der Waals surface area contributed by atoms with E-state index in [0.29, 0.717) is 32.3 Å². The number of likely N-dealkylation sites (tertiary alicyclic amines) is 1. The number of rotatable bonds is 5. The molecular formula is C25H30FN3O3. The van der Waals surface area contributed by atoms with Gasteiger partial charge < -0.3 is 14.4 Å². The van der Waals surface area contributed by atoms with Crippen molar-refractivity contribution in [3.05, 3.63) is 59.9 Å². The normalized spacial score (nSPS) is 16.9. The Balaban J connectivity index is 1.47. The van der Waals surface area contributed by atoms with Crippen LogP contribution in [0.25, 0.3) is 11.0 Å². The van der Waals surface area contributed by atoms with E-state index >= 15 is 0 Å². The highest BCUT2D eigenvalue weighted by Crippen LogP contribution is 2.25. The molecule has 1 saturated heterocycles. The van der Waals surface area contributed by atoms with Crippen LogP contribution in [0.1, 0.15) is 39.2 Å². The minimum absolute atomic E-state index is 0.193. The van der Waals surface area contributed by atoms with Crippen LogP contribution < -0.4 is 4.74 Å². The molecule has 170 valence electrons. The number of aromatic nitrogens is 2. The molecule has 0 N–H and O–H groups in total. The van der Waals surface area contributed by atoms with E-state index in [-0.39, 0.29) is 17.8 Å². The topological polar surface area (TPSA) is 56.6 Å². The summed E-state index contributed by atoms with van der Waals surface area (Å²) in [4.78, 5) is 18.9. The van der Waals surface area contributed by atoms with Gasteiger partial charge in [-0.1, -0.05) is 24.3 Å². The number of amides is 1. The van der Waals surface area contributed by atoms with Crippen LogP contribution in [0.4, 0.5) is 9.18 Å². The van der Waals surface area contributed by atoms with Crippen molar-refractivity contribution in [2.24, 2.45) is 5.92 Å². The number of imidazole rings is 1. The lowest BCUT2D eigenvalue weighted by atomic mass is 9.99. The maximum atomic E-state index is 13.7. The number of para-hydroxylation sites is 2. The third-order valence-corrected chi connectivity index (χ3v) is 5.47. The van der Waals surface area contributed by atoms with Gasteiger partial charge in [-0.3, -0.25) is 4.57 Å². The lowest BCUT2D eigenvalue weighted by Gasteiger charge is -2.33. The summed E-state index contributed by atoms with van der Waals surface area (Å²) in [7, 11) is 0. The number of halogens is 1. The van der Waals surface area contributed by atoms with Crippen LogP contribution in [-0.4, -0.2) is 45.8 Å². The zero-order chi connectivity index (χ0) is 22.7. The standard InChI is InChI=1S/C25H30FN3O3/c1-25(2,3)32-24(30)28-13-7-9-19(15-28)17-31-23-27-21-11-4-5-12-22(21)29(23)16-18-8-6-10-20(26)14-18/h4-6,8,10-12,14,19H,7,9,13,15-17H2,1-3H3/t19-/m1/s1. The Morgan fingerprint density at radius 3 is 2.78 bits per heavy atom. The fourth-order valence-electron chi connectivity index (χ4n) is 4.02. The quantitative estimate of drug-likeness (QED) is 0.545. The number of nitrogens with zero attached hydrogens (tertiary/aromatic N) is 3. The highest BCUT2D eigenvalue weighted by Gasteiger charge is 2.28. The van der Waals surface area contributed by atoms with E-state index in [1.807, 2.05) is 55.7 Å². The Bertz CT molecular complexity index is 1090. The minimum Gasteiger partial charge on any atom is -0.464 e. The first kappa shape index (κ1) is 22.1. The fraction of sp³-hybridized carbons (Fsp3) is 0.440. The van der Waals surface area contributed by atoms with Gasteiger partial charge in [0.2, 0.25) is 0 Å². The van der Waals surface area contributed by atoms with Crippen molar-refractivity contribution < 1.29 is 18.7 Å². The predicted octanol–water partition coefficient (Wildman–Crippen LogP) is 5.25. The van der Waals surface area contributed by atoms with E-state index in [2.05, 4.69) is 4.98 Å². The molecule has 2 aromatic carbocycles. The number of benzene rings is 2. The summed E-state index contributed by atoms with van der Waals surface area (Å²) in [6.07, 6.45) is 1.61. The molecule has 2 heterocycles. The van der Waals surface area contributed by atoms with Gasteiger partial charge in [-0.15, -0.1) is 0 Å². The minimum atomic E-state index is -0.512. The molecule has 0 radical (unpaired) electrons. The monoisotopic (exact) mass is 439 g/mol. The molecule has 0 bridgehead atoms. The summed E-state index contributed by atoms with van der Waals surface area (Å²) in [6, 6.07) is 14.9. The second-order valence-electron chi connectivity index (χ2n) is 9.34. The number of ether oxygens (including phenoxy) is 2. The molecule has 0 unspecified atom stereocenters. The molecule has 1 aliphatic rings. The van der Waals surface area contributed by atoms with Crippen molar-refractivity contribution in [2.75, 3.05) is 19.7 Å². The maximum Gasteiger partial charge on any atom is 0.410 e. The summed E-state index contributed by atoms with van der Waals surface area (Å²) in [5, 5.41) is 0. The number of carbonyl (C=O) groups excluding carboxylic acids is 1. The van der Waals surface area contributed by atoms with Crippen molar-refractivity contribution in [3.63, 3.8) is 0 Å². The van der Waals surface area contributed by atoms with Gasteiger partial charge in [-0.2, -0.15) is 4.98 Å². The Kier molecular flexibility index (Phi) is 6.35. The zero-order valence-corrected chi connectivity index (χ0v) is 18.9. The SMILES string of the molecule is CC(C)(C)OC(=O)N1CCC[C@@H](COc2nc3ccccc3n2Cc2cccc(F)c2)C1. The van der Waals surface area contributed by atoms with Crippen molar-refractivity contribution in [1.82, 2.24) is 14.5 Å². The Morgan fingerprint density at radius 1 is 1.19 bits per heavy atom. The van der Waals surface area contributed by atoms with Crippen molar-refractivity contribution >= 4 is 17.1 Å². The van der Waals surface area contributed by atoms with Crippen LogP contribution in [0.5, 0.6) is 6.01 Å². The Labute approximate surface area is 187 Å². The number of carbonyl (C=O) groups is 1. The number of hydrogen-bond donors (Lipinski definition) is 0. The van der Waals surface area contributed by atoms with Gasteiger partial charge in [0.25, 0.3) is 6.01 Å². The van der Waals surface area contributed by atoms with Crippen LogP contribution in [-0.2, 0) is 11.3 Å². The van der Waals surface area contributed by atoms with E-state index in [1.54, 1.807) is 11.0 Å². The molecule has 1 amide bonds. The van der Waals surface area contributed by atoms with Crippen molar-refractivity contribution in [3.8, 4) is 6.01 Å². The van der Waals surface area contributed by atoms with Crippen LogP contribution in [0.2, 0.25) is 0 Å². The predicted molar refractivity (Wildman–Crippen MR) is 121 cm³/mol. The van der Waals surface area contributed by atoms with Crippen molar-refractivity contribution in [2.45, 2.75) is 45.8 Å². The van der Waals surface area contributed by atoms with Gasteiger partial charge >= 0.3 is 6.09 Å². The largest absolute Gasteiger partial charge is 0.464 e. The summed E-state index contributed by atoms with van der Waals surface area (Å²) in [5.41, 5.74) is 2.10. The number of fused-ring (bicyclic) bond motifs is 1. The summed E-state index contributed by atoms with van der Waals surface area (Å²) < 4.78 is 27.4. The van der Waals surface area contributed by atoms with Gasteiger partial charge in [0.1, 0.15) is 11.4 Å². The zero-order valence-electron chi connectivity index (χ0n) is 18.9. The molecule has 7 heteroatoms. The van der Waals surface area contributed by atoms with Crippen LogP contribution in [0.15, 0.2) is 48.5 Å². The average Bonchev–Trinajstić information content (AvgIpc) is 3.09. The van der Waals surface area contributed by atoms with E-state index in [0.717, 1.165) is 29.4 Å². The molecule has 1 fully saturated rings. The lowest BCUT2D eigenvalue weighted by molar-refractivity contribution is 0.0136. The summed E-state index contributed by atoms with van der Waals surface area (Å²) in [5.74, 6) is -0.0717. The van der Waals surface area contributed by atoms with Gasteiger partial charge in [-0.25, -0.2) is 9.18 Å². The molecule has 32 heavy (non-hydrogen) atoms. The highest BCUT2D eigenvalue weighted by atomic mass is 19.1. The molecule has 4 rings (SSSR count). The van der Waals surface area contributed by atoms with E-state index in [9.17, 15) is 9.18 Å². The maximum absolute atomic E-state index is 13.7. The Morgan fingerprint density at radius 2 is 2.00 bits per heavy atom. The third-order valence-electron chi connectivity index (χ3n) is 5.47. The molecule has 0 saturated carbocycles. The van der Waals surface area contributed by atoms with Gasteiger partial charge in [0.05, 0.1) is 24.2 Å². The first-order chi connectivity index (χ1) is 15.3. The molecular weight excluding hydrogens is 409 g/mol. The van der Waals surface area contributed by atoms with Gasteiger partial charge in [-0.05, 0) is 63.4 Å². The molecule has 0 aliphatic carbocycles. The van der Waals surface area contributed by atoms with E-state index < -0.39 is 5.60 Å². The number of hydrogen-bond acceptors (Lipinski definition) is 4. The van der Waals surface area contributed by atoms with Crippen LogP contribution >= 0.6 is 0 Å². The van der Waals surface area contributed by atoms with E-state index in [4.69, 9.17) is 9.47 Å². The summed E-state index contributed by atoms with van der Waals surface area (Å²) in [6.45, 7) is 7.83. The molecule has 1 aliphatic heterocycles. The van der Waals surface area contributed by atoms with E-state index in [1.165, 1.54) is 12.1 Å². The average molecular weight is 440 g/mol. The third kappa shape index (κ3) is 5.39. The molecule has 0 spiro atoms. The molecule has 3 aromatic rings. The fourth-order valence-corrected chi connectivity index (χ4v) is 4.02. The second kappa shape index (κ2) is 9.18. The first-order valence-corrected chi connectivity index (χ1v) is 11.1. The molecule has 1 atom stereocenters. The second-order valence-corrected chi connectivity index (χ2v) is 9.34. The Hall–Kier alpha value is -3.09. The molecule has 1 aromatic heterocycles. The highest BCUT2D eigenvalue weighted by molar-refractivity contribution is 5.76. The molecule has 6 nitrogen and oxygen atoms in total. The van der Waals surface area contributed by atoms with Gasteiger partial charge in [0.15, 0.2) is 0 Å². The lowest BCUT2D eigenvalue weighted by Crippen LogP contribution is -2.44. The van der Waals surface area contributed by atoms with Crippen LogP contribution in [0.3, 0.4) is 0 Å².